The Balaban J connectivity index is 2.16. The Labute approximate surface area is 112 Å². The number of aromatic nitrogens is 4. The predicted molar refractivity (Wildman–Crippen MR) is 70.1 cm³/mol. The first-order valence-electron chi connectivity index (χ1n) is 5.42. The number of nitrogens with one attached hydrogen (secondary N) is 1. The van der Waals surface area contributed by atoms with Crippen LogP contribution in [-0.4, -0.2) is 19.7 Å². The molecular weight excluding hydrogens is 300 g/mol. The van der Waals surface area contributed by atoms with Crippen molar-refractivity contribution in [3.63, 3.8) is 0 Å². The van der Waals surface area contributed by atoms with Gasteiger partial charge in [0.05, 0.1) is 23.1 Å². The second-order valence-corrected chi connectivity index (χ2v) is 4.39. The van der Waals surface area contributed by atoms with Crippen molar-refractivity contribution in [3.05, 3.63) is 23.1 Å². The number of nitrogens with zero attached hydrogens (tertiary/aromatic N) is 4. The number of ether oxygens (including phenoxy) is 1. The van der Waals surface area contributed by atoms with Gasteiger partial charge >= 0.3 is 0 Å². The van der Waals surface area contributed by atoms with Crippen molar-refractivity contribution in [2.24, 2.45) is 5.84 Å². The summed E-state index contributed by atoms with van der Waals surface area (Å²) in [6.07, 6.45) is 6.03. The standard InChI is InChI=1S/C10H13BrN6O/c1-2-3-17-6-7(4-14-17)18-9-8(11)5-13-10(15-9)16-12/h4-6H,2-3,12H2,1H3,(H,13,15,16). The number of hydrazine groups is 1. The van der Waals surface area contributed by atoms with E-state index in [1.165, 1.54) is 0 Å². The minimum absolute atomic E-state index is 0.286. The van der Waals surface area contributed by atoms with Gasteiger partial charge in [-0.25, -0.2) is 10.8 Å². The average Bonchev–Trinajstić information content (AvgIpc) is 2.80. The van der Waals surface area contributed by atoms with Crippen LogP contribution in [0, 0.1) is 0 Å². The third kappa shape index (κ3) is 2.96. The van der Waals surface area contributed by atoms with Crippen molar-refractivity contribution < 1.29 is 4.74 Å². The maximum Gasteiger partial charge on any atom is 0.240 e. The van der Waals surface area contributed by atoms with Crippen LogP contribution < -0.4 is 16.0 Å². The smallest absolute Gasteiger partial charge is 0.240 e. The Morgan fingerprint density at radius 3 is 3.06 bits per heavy atom. The van der Waals surface area contributed by atoms with Crippen LogP contribution in [0.2, 0.25) is 0 Å². The lowest BCUT2D eigenvalue weighted by Crippen LogP contribution is -2.10. The van der Waals surface area contributed by atoms with Crippen molar-refractivity contribution in [2.45, 2.75) is 19.9 Å². The molecule has 0 aliphatic carbocycles. The van der Waals surface area contributed by atoms with Gasteiger partial charge in [0, 0.05) is 6.54 Å². The topological polar surface area (TPSA) is 90.9 Å². The number of rotatable bonds is 5. The third-order valence-electron chi connectivity index (χ3n) is 2.12. The molecule has 0 unspecified atom stereocenters. The normalized spacial score (nSPS) is 10.4. The van der Waals surface area contributed by atoms with E-state index in [0.717, 1.165) is 13.0 Å². The first kappa shape index (κ1) is 12.8. The van der Waals surface area contributed by atoms with Gasteiger partial charge in [-0.1, -0.05) is 6.92 Å². The highest BCUT2D eigenvalue weighted by molar-refractivity contribution is 9.10. The molecule has 0 radical (unpaired) electrons. The quantitative estimate of drug-likeness (QED) is 0.647. The number of nitrogens with two attached hydrogens (primary N) is 1. The molecule has 2 aromatic heterocycles. The van der Waals surface area contributed by atoms with E-state index in [1.54, 1.807) is 12.4 Å². The molecular formula is C10H13BrN6O. The van der Waals surface area contributed by atoms with E-state index in [-0.39, 0.29) is 5.95 Å². The number of halogens is 1. The van der Waals surface area contributed by atoms with Crippen molar-refractivity contribution in [1.29, 1.82) is 0 Å². The first-order chi connectivity index (χ1) is 8.72. The molecule has 0 bridgehead atoms. The van der Waals surface area contributed by atoms with Crippen LogP contribution in [0.1, 0.15) is 13.3 Å². The molecule has 3 N–H and O–H groups in total. The molecule has 0 saturated carbocycles. The summed E-state index contributed by atoms with van der Waals surface area (Å²) in [4.78, 5) is 8.03. The van der Waals surface area contributed by atoms with E-state index >= 15 is 0 Å². The molecule has 2 aromatic rings. The molecule has 2 heterocycles. The van der Waals surface area contributed by atoms with Crippen LogP contribution in [0.4, 0.5) is 5.95 Å². The Hall–Kier alpha value is -1.67. The molecule has 0 saturated heterocycles. The zero-order chi connectivity index (χ0) is 13.0. The predicted octanol–water partition coefficient (Wildman–Crippen LogP) is 1.92. The van der Waals surface area contributed by atoms with Gasteiger partial charge in [-0.15, -0.1) is 0 Å². The van der Waals surface area contributed by atoms with Gasteiger partial charge in [0.2, 0.25) is 11.8 Å². The third-order valence-corrected chi connectivity index (χ3v) is 2.66. The van der Waals surface area contributed by atoms with Gasteiger partial charge < -0.3 is 4.74 Å². The van der Waals surface area contributed by atoms with E-state index in [4.69, 9.17) is 10.6 Å². The first-order valence-corrected chi connectivity index (χ1v) is 6.21. The molecule has 0 aromatic carbocycles. The Bertz CT molecular complexity index is 529. The monoisotopic (exact) mass is 312 g/mol. The lowest BCUT2D eigenvalue weighted by Gasteiger charge is -2.05. The number of hydrogen-bond acceptors (Lipinski definition) is 6. The summed E-state index contributed by atoms with van der Waals surface area (Å²) in [5, 5.41) is 4.17. The fourth-order valence-electron chi connectivity index (χ4n) is 1.35. The molecule has 96 valence electrons. The summed E-state index contributed by atoms with van der Waals surface area (Å²) < 4.78 is 8.06. The van der Waals surface area contributed by atoms with E-state index < -0.39 is 0 Å². The maximum absolute atomic E-state index is 5.60. The highest BCUT2D eigenvalue weighted by Gasteiger charge is 2.08. The Kier molecular flexibility index (Phi) is 4.11. The zero-order valence-electron chi connectivity index (χ0n) is 9.80. The number of aryl methyl sites for hydroxylation is 1. The van der Waals surface area contributed by atoms with E-state index in [2.05, 4.69) is 43.3 Å². The molecule has 7 nitrogen and oxygen atoms in total. The Morgan fingerprint density at radius 1 is 1.50 bits per heavy atom. The molecule has 0 fully saturated rings. The minimum atomic E-state index is 0.286. The lowest BCUT2D eigenvalue weighted by atomic mass is 10.5. The van der Waals surface area contributed by atoms with Crippen LogP contribution in [0.5, 0.6) is 11.6 Å². The highest BCUT2D eigenvalue weighted by Crippen LogP contribution is 2.27. The van der Waals surface area contributed by atoms with Crippen LogP contribution in [0.3, 0.4) is 0 Å². The van der Waals surface area contributed by atoms with Gasteiger partial charge in [-0.05, 0) is 22.4 Å². The van der Waals surface area contributed by atoms with E-state index in [1.807, 2.05) is 10.9 Å². The van der Waals surface area contributed by atoms with Crippen LogP contribution in [-0.2, 0) is 6.54 Å². The fraction of sp³-hybridized carbons (Fsp3) is 0.300. The largest absolute Gasteiger partial charge is 0.434 e. The van der Waals surface area contributed by atoms with E-state index in [9.17, 15) is 0 Å². The minimum Gasteiger partial charge on any atom is -0.434 e. The second-order valence-electron chi connectivity index (χ2n) is 3.53. The van der Waals surface area contributed by atoms with Crippen LogP contribution >= 0.6 is 15.9 Å². The summed E-state index contributed by atoms with van der Waals surface area (Å²) >= 11 is 3.31. The van der Waals surface area contributed by atoms with Gasteiger partial charge in [-0.3, -0.25) is 10.1 Å². The van der Waals surface area contributed by atoms with Crippen LogP contribution in [0.15, 0.2) is 23.1 Å². The SMILES string of the molecule is CCCn1cc(Oc2nc(NN)ncc2Br)cn1. The van der Waals surface area contributed by atoms with Crippen molar-refractivity contribution in [1.82, 2.24) is 19.7 Å². The van der Waals surface area contributed by atoms with Crippen LogP contribution in [0.25, 0.3) is 0 Å². The maximum atomic E-state index is 5.60. The Morgan fingerprint density at radius 2 is 2.33 bits per heavy atom. The molecule has 2 rings (SSSR count). The summed E-state index contributed by atoms with van der Waals surface area (Å²) in [5.74, 6) is 6.53. The average molecular weight is 313 g/mol. The fourth-order valence-corrected chi connectivity index (χ4v) is 1.62. The summed E-state index contributed by atoms with van der Waals surface area (Å²) in [6, 6.07) is 0. The van der Waals surface area contributed by atoms with Crippen molar-refractivity contribution in [3.8, 4) is 11.6 Å². The lowest BCUT2D eigenvalue weighted by molar-refractivity contribution is 0.457. The molecule has 8 heteroatoms. The molecule has 0 amide bonds. The number of nitrogen functional groups attached to an aromatic ring is 1. The van der Waals surface area contributed by atoms with Gasteiger partial charge in [0.1, 0.15) is 0 Å². The molecule has 0 aliphatic rings. The molecule has 0 atom stereocenters. The summed E-state index contributed by atoms with van der Waals surface area (Å²) in [7, 11) is 0. The van der Waals surface area contributed by atoms with Gasteiger partial charge in [-0.2, -0.15) is 10.1 Å². The number of anilines is 1. The number of hydrogen-bond donors (Lipinski definition) is 2. The molecule has 0 aliphatic heterocycles. The zero-order valence-corrected chi connectivity index (χ0v) is 11.4. The van der Waals surface area contributed by atoms with Gasteiger partial charge in [0.15, 0.2) is 5.75 Å². The second kappa shape index (κ2) is 5.78. The van der Waals surface area contributed by atoms with E-state index in [0.29, 0.717) is 16.1 Å². The molecule has 18 heavy (non-hydrogen) atoms. The van der Waals surface area contributed by atoms with Gasteiger partial charge in [0.25, 0.3) is 0 Å². The van der Waals surface area contributed by atoms with Crippen molar-refractivity contribution >= 4 is 21.9 Å². The van der Waals surface area contributed by atoms with Crippen molar-refractivity contribution in [2.75, 3.05) is 5.43 Å². The molecule has 0 spiro atoms. The highest BCUT2D eigenvalue weighted by atomic mass is 79.9. The summed E-state index contributed by atoms with van der Waals surface area (Å²) in [5.41, 5.74) is 2.36. The summed E-state index contributed by atoms with van der Waals surface area (Å²) in [6.45, 7) is 2.94.